The number of amides is 1. The Kier molecular flexibility index (Phi) is 7.35. The summed E-state index contributed by atoms with van der Waals surface area (Å²) in [5.41, 5.74) is 1.17. The fourth-order valence-electron chi connectivity index (χ4n) is 4.24. The largest absolute Gasteiger partial charge is 0.352 e. The van der Waals surface area contributed by atoms with E-state index in [0.717, 1.165) is 19.3 Å². The number of hydrogen-bond donors (Lipinski definition) is 1. The highest BCUT2D eigenvalue weighted by Gasteiger charge is 2.32. The maximum Gasteiger partial charge on any atom is 0.243 e. The molecular formula is C22H35N3O3S. The zero-order valence-electron chi connectivity index (χ0n) is 17.9. The van der Waals surface area contributed by atoms with Crippen molar-refractivity contribution >= 4 is 15.9 Å². The van der Waals surface area contributed by atoms with Gasteiger partial charge in [-0.2, -0.15) is 4.31 Å². The predicted molar refractivity (Wildman–Crippen MR) is 115 cm³/mol. The fourth-order valence-corrected chi connectivity index (χ4v) is 5.66. The number of carbonyl (C=O) groups excluding carboxylic acids is 1. The molecule has 2 atom stereocenters. The lowest BCUT2D eigenvalue weighted by molar-refractivity contribution is -0.127. The molecule has 3 rings (SSSR count). The van der Waals surface area contributed by atoms with Crippen LogP contribution in [0.1, 0.15) is 64.4 Å². The number of nitrogens with one attached hydrogen (secondary N) is 1. The summed E-state index contributed by atoms with van der Waals surface area (Å²) in [7, 11) is -3.49. The summed E-state index contributed by atoms with van der Waals surface area (Å²) in [6.45, 7) is 8.17. The van der Waals surface area contributed by atoms with Crippen molar-refractivity contribution in [2.75, 3.05) is 26.2 Å². The molecular weight excluding hydrogens is 386 g/mol. The number of benzene rings is 1. The summed E-state index contributed by atoms with van der Waals surface area (Å²) in [5.74, 6) is 0.487. The molecule has 0 aromatic heterocycles. The van der Waals surface area contributed by atoms with E-state index in [-0.39, 0.29) is 11.9 Å². The van der Waals surface area contributed by atoms with Crippen LogP contribution in [0.3, 0.4) is 0 Å². The fraction of sp³-hybridized carbons (Fsp3) is 0.682. The highest BCUT2D eigenvalue weighted by molar-refractivity contribution is 7.89. The first kappa shape index (κ1) is 22.2. The molecule has 1 aromatic rings. The second-order valence-corrected chi connectivity index (χ2v) is 10.4. The topological polar surface area (TPSA) is 69.7 Å². The van der Waals surface area contributed by atoms with E-state index in [1.54, 1.807) is 16.4 Å². The molecule has 1 heterocycles. The molecule has 0 radical (unpaired) electrons. The van der Waals surface area contributed by atoms with Crippen molar-refractivity contribution in [1.82, 2.24) is 14.5 Å². The Bertz CT molecular complexity index is 780. The number of nitrogens with zero attached hydrogens (tertiary/aromatic N) is 2. The number of sulfonamides is 1. The number of carbonyl (C=O) groups is 1. The van der Waals surface area contributed by atoms with Crippen molar-refractivity contribution in [1.29, 1.82) is 0 Å². The lowest BCUT2D eigenvalue weighted by atomic mass is 9.99. The molecule has 0 bridgehead atoms. The van der Waals surface area contributed by atoms with Gasteiger partial charge in [0.25, 0.3) is 0 Å². The van der Waals surface area contributed by atoms with E-state index in [2.05, 4.69) is 24.1 Å². The molecule has 1 aliphatic heterocycles. The Morgan fingerprint density at radius 1 is 1.07 bits per heavy atom. The second kappa shape index (κ2) is 9.58. The molecule has 7 heteroatoms. The van der Waals surface area contributed by atoms with Crippen LogP contribution in [0.4, 0.5) is 0 Å². The van der Waals surface area contributed by atoms with E-state index >= 15 is 0 Å². The molecule has 1 aliphatic carbocycles. The van der Waals surface area contributed by atoms with Crippen LogP contribution in [-0.4, -0.2) is 61.8 Å². The van der Waals surface area contributed by atoms with Crippen LogP contribution in [0.25, 0.3) is 0 Å². The Morgan fingerprint density at radius 2 is 1.66 bits per heavy atom. The normalized spacial score (nSPS) is 21.8. The van der Waals surface area contributed by atoms with Crippen LogP contribution < -0.4 is 5.32 Å². The van der Waals surface area contributed by atoms with Gasteiger partial charge in [-0.05, 0) is 49.8 Å². The summed E-state index contributed by atoms with van der Waals surface area (Å²) in [6, 6.07) is 7.38. The monoisotopic (exact) mass is 421 g/mol. The third kappa shape index (κ3) is 5.19. The van der Waals surface area contributed by atoms with Crippen molar-refractivity contribution < 1.29 is 13.2 Å². The Hall–Kier alpha value is -1.44. The number of rotatable bonds is 7. The van der Waals surface area contributed by atoms with Crippen LogP contribution in [0.15, 0.2) is 29.2 Å². The van der Waals surface area contributed by atoms with Crippen molar-refractivity contribution in [3.63, 3.8) is 0 Å². The molecule has 2 aliphatic rings. The molecule has 1 amide bonds. The summed E-state index contributed by atoms with van der Waals surface area (Å²) in [4.78, 5) is 15.0. The maximum absolute atomic E-state index is 13.0. The van der Waals surface area contributed by atoms with Gasteiger partial charge in [0.2, 0.25) is 15.9 Å². The lowest BCUT2D eigenvalue weighted by Gasteiger charge is -2.37. The molecule has 1 aromatic carbocycles. The smallest absolute Gasteiger partial charge is 0.243 e. The molecule has 6 nitrogen and oxygen atoms in total. The number of piperazine rings is 1. The molecule has 2 fully saturated rings. The summed E-state index contributed by atoms with van der Waals surface area (Å²) < 4.78 is 27.6. The van der Waals surface area contributed by atoms with Crippen molar-refractivity contribution in [3.8, 4) is 0 Å². The third-order valence-corrected chi connectivity index (χ3v) is 8.51. The molecule has 1 saturated carbocycles. The van der Waals surface area contributed by atoms with Gasteiger partial charge in [-0.25, -0.2) is 8.42 Å². The first-order valence-corrected chi connectivity index (χ1v) is 12.4. The maximum atomic E-state index is 13.0. The standard InChI is InChI=1S/C22H35N3O3S/c1-4-17(2)19-9-11-21(12-10-19)29(27,28)25-15-13-24(14-16-25)18(3)22(26)23-20-7-5-6-8-20/h9-12,17-18,20H,4-8,13-16H2,1-3H3,(H,23,26)/t17-,18+/m1/s1. The summed E-state index contributed by atoms with van der Waals surface area (Å²) in [5, 5.41) is 3.15. The predicted octanol–water partition coefficient (Wildman–Crippen LogP) is 2.95. The Balaban J connectivity index is 1.56. The van der Waals surface area contributed by atoms with E-state index in [1.807, 2.05) is 19.1 Å². The minimum atomic E-state index is -3.49. The van der Waals surface area contributed by atoms with Gasteiger partial charge in [-0.15, -0.1) is 0 Å². The van der Waals surface area contributed by atoms with Gasteiger partial charge in [0, 0.05) is 32.2 Å². The van der Waals surface area contributed by atoms with Gasteiger partial charge in [0.05, 0.1) is 10.9 Å². The van der Waals surface area contributed by atoms with Crippen molar-refractivity contribution in [2.24, 2.45) is 0 Å². The van der Waals surface area contributed by atoms with Crippen LogP contribution in [-0.2, 0) is 14.8 Å². The first-order valence-electron chi connectivity index (χ1n) is 11.0. The molecule has 0 spiro atoms. The average Bonchev–Trinajstić information content (AvgIpc) is 3.25. The van der Waals surface area contributed by atoms with Gasteiger partial charge >= 0.3 is 0 Å². The quantitative estimate of drug-likeness (QED) is 0.735. The summed E-state index contributed by atoms with van der Waals surface area (Å²) >= 11 is 0. The minimum absolute atomic E-state index is 0.0637. The van der Waals surface area contributed by atoms with Gasteiger partial charge in [0.15, 0.2) is 0 Å². The van der Waals surface area contributed by atoms with Crippen LogP contribution in [0.5, 0.6) is 0 Å². The van der Waals surface area contributed by atoms with E-state index in [0.29, 0.717) is 43.0 Å². The van der Waals surface area contributed by atoms with Crippen LogP contribution >= 0.6 is 0 Å². The minimum Gasteiger partial charge on any atom is -0.352 e. The van der Waals surface area contributed by atoms with Crippen LogP contribution in [0.2, 0.25) is 0 Å². The molecule has 162 valence electrons. The third-order valence-electron chi connectivity index (χ3n) is 6.60. The van der Waals surface area contributed by atoms with E-state index in [9.17, 15) is 13.2 Å². The van der Waals surface area contributed by atoms with E-state index < -0.39 is 10.0 Å². The Morgan fingerprint density at radius 3 is 2.21 bits per heavy atom. The lowest BCUT2D eigenvalue weighted by Crippen LogP contribution is -2.55. The van der Waals surface area contributed by atoms with E-state index in [1.165, 1.54) is 18.4 Å². The molecule has 1 N–H and O–H groups in total. The van der Waals surface area contributed by atoms with Gasteiger partial charge in [0.1, 0.15) is 0 Å². The van der Waals surface area contributed by atoms with Crippen molar-refractivity contribution in [3.05, 3.63) is 29.8 Å². The molecule has 0 unspecified atom stereocenters. The number of hydrogen-bond acceptors (Lipinski definition) is 4. The average molecular weight is 422 g/mol. The zero-order valence-corrected chi connectivity index (χ0v) is 18.7. The molecule has 1 saturated heterocycles. The SMILES string of the molecule is CC[C@@H](C)c1ccc(S(=O)(=O)N2CCN([C@@H](C)C(=O)NC3CCCC3)CC2)cc1. The molecule has 29 heavy (non-hydrogen) atoms. The van der Waals surface area contributed by atoms with Crippen LogP contribution in [0, 0.1) is 0 Å². The van der Waals surface area contributed by atoms with Gasteiger partial charge < -0.3 is 5.32 Å². The Labute approximate surface area is 175 Å². The van der Waals surface area contributed by atoms with E-state index in [4.69, 9.17) is 0 Å². The second-order valence-electron chi connectivity index (χ2n) is 8.48. The van der Waals surface area contributed by atoms with Gasteiger partial charge in [-0.1, -0.05) is 38.8 Å². The highest BCUT2D eigenvalue weighted by Crippen LogP contribution is 2.23. The highest BCUT2D eigenvalue weighted by atomic mass is 32.2. The summed E-state index contributed by atoms with van der Waals surface area (Å²) in [6.07, 6.45) is 5.55. The van der Waals surface area contributed by atoms with Gasteiger partial charge in [-0.3, -0.25) is 9.69 Å². The van der Waals surface area contributed by atoms with Crippen molar-refractivity contribution in [2.45, 2.75) is 75.8 Å². The first-order chi connectivity index (χ1) is 13.8. The zero-order chi connectivity index (χ0) is 21.0.